The second-order valence-corrected chi connectivity index (χ2v) is 2.47. The highest BCUT2D eigenvalue weighted by Crippen LogP contribution is 2.10. The van der Waals surface area contributed by atoms with Crippen molar-refractivity contribution in [3.8, 4) is 12.5 Å². The Balaban J connectivity index is 2.75. The Labute approximate surface area is 77.4 Å². The second-order valence-electron chi connectivity index (χ2n) is 2.47. The van der Waals surface area contributed by atoms with Gasteiger partial charge in [0.15, 0.2) is 0 Å². The molecule has 0 saturated heterocycles. The summed E-state index contributed by atoms with van der Waals surface area (Å²) in [6.07, 6.45) is 4.94. The van der Waals surface area contributed by atoms with Gasteiger partial charge in [-0.2, -0.15) is 0 Å². The third kappa shape index (κ3) is 2.24. The number of para-hydroxylation sites is 1. The molecule has 0 aliphatic heterocycles. The summed E-state index contributed by atoms with van der Waals surface area (Å²) in [7, 11) is 1.65. The number of carbonyl (C=O) groups excluding carboxylic acids is 1. The molecule has 0 spiro atoms. The summed E-state index contributed by atoms with van der Waals surface area (Å²) in [5.41, 5.74) is 0.801. The van der Waals surface area contributed by atoms with E-state index in [1.807, 2.05) is 30.3 Å². The lowest BCUT2D eigenvalue weighted by molar-refractivity contribution is 0.251. The fraction of sp³-hybridized carbons (Fsp3) is 0.100. The number of anilines is 1. The smallest absolute Gasteiger partial charge is 0.297 e. The standard InChI is InChI=1S/C10H10N2O/c1-3-11-10(13)12(2)9-7-5-4-6-8-9/h1,4-8H,2H3,(H,11,13). The van der Waals surface area contributed by atoms with E-state index in [9.17, 15) is 4.79 Å². The van der Waals surface area contributed by atoms with Crippen LogP contribution >= 0.6 is 0 Å². The van der Waals surface area contributed by atoms with Gasteiger partial charge in [-0.25, -0.2) is 4.79 Å². The Morgan fingerprint density at radius 1 is 1.46 bits per heavy atom. The molecule has 0 saturated carbocycles. The molecule has 3 nitrogen and oxygen atoms in total. The predicted molar refractivity (Wildman–Crippen MR) is 52.2 cm³/mol. The van der Waals surface area contributed by atoms with E-state index < -0.39 is 0 Å². The largest absolute Gasteiger partial charge is 0.333 e. The van der Waals surface area contributed by atoms with Crippen molar-refractivity contribution in [1.82, 2.24) is 5.32 Å². The van der Waals surface area contributed by atoms with Crippen molar-refractivity contribution in [2.45, 2.75) is 0 Å². The molecule has 0 heterocycles. The van der Waals surface area contributed by atoms with Crippen LogP contribution in [-0.2, 0) is 0 Å². The van der Waals surface area contributed by atoms with Crippen LogP contribution in [0.5, 0.6) is 0 Å². The van der Waals surface area contributed by atoms with E-state index in [1.54, 1.807) is 7.05 Å². The molecule has 0 fully saturated rings. The quantitative estimate of drug-likeness (QED) is 0.507. The van der Waals surface area contributed by atoms with E-state index in [1.165, 1.54) is 4.90 Å². The number of hydrogen-bond donors (Lipinski definition) is 1. The Bertz CT molecular complexity index is 327. The number of hydrogen-bond acceptors (Lipinski definition) is 1. The lowest BCUT2D eigenvalue weighted by Gasteiger charge is -2.15. The summed E-state index contributed by atoms with van der Waals surface area (Å²) < 4.78 is 0. The minimum atomic E-state index is -0.311. The van der Waals surface area contributed by atoms with Gasteiger partial charge in [0.25, 0.3) is 0 Å². The number of urea groups is 1. The Hall–Kier alpha value is -1.95. The van der Waals surface area contributed by atoms with Gasteiger partial charge in [0.05, 0.1) is 0 Å². The van der Waals surface area contributed by atoms with Crippen molar-refractivity contribution in [2.24, 2.45) is 0 Å². The van der Waals surface area contributed by atoms with E-state index in [0.717, 1.165) is 5.69 Å². The number of nitrogens with zero attached hydrogens (tertiary/aromatic N) is 1. The van der Waals surface area contributed by atoms with Crippen LogP contribution in [-0.4, -0.2) is 13.1 Å². The molecule has 0 aliphatic carbocycles. The van der Waals surface area contributed by atoms with Gasteiger partial charge in [0.1, 0.15) is 0 Å². The van der Waals surface area contributed by atoms with E-state index in [0.29, 0.717) is 0 Å². The molecule has 1 aromatic rings. The summed E-state index contributed by atoms with van der Waals surface area (Å²) in [5, 5.41) is 2.26. The van der Waals surface area contributed by atoms with Gasteiger partial charge in [0.2, 0.25) is 0 Å². The van der Waals surface area contributed by atoms with Gasteiger partial charge >= 0.3 is 6.03 Å². The zero-order valence-electron chi connectivity index (χ0n) is 7.32. The van der Waals surface area contributed by atoms with E-state index in [4.69, 9.17) is 6.42 Å². The van der Waals surface area contributed by atoms with Crippen molar-refractivity contribution in [3.63, 3.8) is 0 Å². The van der Waals surface area contributed by atoms with Crippen LogP contribution in [0.4, 0.5) is 10.5 Å². The molecule has 0 bridgehead atoms. The zero-order valence-corrected chi connectivity index (χ0v) is 7.32. The number of terminal acetylenes is 1. The van der Waals surface area contributed by atoms with E-state index in [2.05, 4.69) is 11.4 Å². The lowest BCUT2D eigenvalue weighted by atomic mass is 10.3. The molecular formula is C10H10N2O. The van der Waals surface area contributed by atoms with Gasteiger partial charge < -0.3 is 0 Å². The minimum absolute atomic E-state index is 0.311. The molecule has 0 aliphatic rings. The van der Waals surface area contributed by atoms with Crippen molar-refractivity contribution in [3.05, 3.63) is 30.3 Å². The maximum atomic E-state index is 11.2. The molecule has 1 N–H and O–H groups in total. The summed E-state index contributed by atoms with van der Waals surface area (Å²) in [4.78, 5) is 12.7. The number of nitrogens with one attached hydrogen (secondary N) is 1. The van der Waals surface area contributed by atoms with Crippen LogP contribution in [0.15, 0.2) is 30.3 Å². The predicted octanol–water partition coefficient (Wildman–Crippen LogP) is 1.42. The average Bonchev–Trinajstić information content (AvgIpc) is 2.18. The van der Waals surface area contributed by atoms with Gasteiger partial charge in [-0.3, -0.25) is 10.2 Å². The van der Waals surface area contributed by atoms with Crippen LogP contribution in [0.1, 0.15) is 0 Å². The van der Waals surface area contributed by atoms with Gasteiger partial charge in [0, 0.05) is 18.8 Å². The molecule has 2 amide bonds. The normalized spacial score (nSPS) is 8.62. The van der Waals surface area contributed by atoms with Crippen molar-refractivity contribution < 1.29 is 4.79 Å². The van der Waals surface area contributed by atoms with Crippen molar-refractivity contribution >= 4 is 11.7 Å². The Morgan fingerprint density at radius 2 is 2.08 bits per heavy atom. The van der Waals surface area contributed by atoms with Crippen molar-refractivity contribution in [2.75, 3.05) is 11.9 Å². The monoisotopic (exact) mass is 174 g/mol. The van der Waals surface area contributed by atoms with Crippen LogP contribution in [0.3, 0.4) is 0 Å². The third-order valence-electron chi connectivity index (χ3n) is 1.63. The lowest BCUT2D eigenvalue weighted by Crippen LogP contribution is -2.34. The molecule has 1 rings (SSSR count). The molecule has 0 atom stereocenters. The Morgan fingerprint density at radius 3 is 2.62 bits per heavy atom. The first kappa shape index (κ1) is 9.14. The fourth-order valence-electron chi connectivity index (χ4n) is 0.914. The Kier molecular flexibility index (Phi) is 2.93. The highest BCUT2D eigenvalue weighted by molar-refractivity contribution is 5.92. The molecule has 1 aromatic carbocycles. The van der Waals surface area contributed by atoms with Crippen LogP contribution in [0, 0.1) is 12.5 Å². The molecular weight excluding hydrogens is 164 g/mol. The maximum absolute atomic E-state index is 11.2. The minimum Gasteiger partial charge on any atom is -0.297 e. The SMILES string of the molecule is C#CNC(=O)N(C)c1ccccc1. The van der Waals surface area contributed by atoms with Crippen LogP contribution in [0.25, 0.3) is 0 Å². The first-order valence-electron chi connectivity index (χ1n) is 3.80. The highest BCUT2D eigenvalue weighted by atomic mass is 16.2. The van der Waals surface area contributed by atoms with Gasteiger partial charge in [-0.15, -0.1) is 0 Å². The molecule has 66 valence electrons. The number of rotatable bonds is 1. The van der Waals surface area contributed by atoms with Crippen molar-refractivity contribution in [1.29, 1.82) is 0 Å². The zero-order chi connectivity index (χ0) is 9.68. The average molecular weight is 174 g/mol. The summed E-state index contributed by atoms with van der Waals surface area (Å²) in [6.45, 7) is 0. The molecule has 0 radical (unpaired) electrons. The highest BCUT2D eigenvalue weighted by Gasteiger charge is 2.07. The van der Waals surface area contributed by atoms with Gasteiger partial charge in [-0.05, 0) is 12.1 Å². The molecule has 0 unspecified atom stereocenters. The van der Waals surface area contributed by atoms with Gasteiger partial charge in [-0.1, -0.05) is 24.6 Å². The second kappa shape index (κ2) is 4.17. The third-order valence-corrected chi connectivity index (χ3v) is 1.63. The topological polar surface area (TPSA) is 32.3 Å². The number of amides is 2. The van der Waals surface area contributed by atoms with E-state index >= 15 is 0 Å². The van der Waals surface area contributed by atoms with E-state index in [-0.39, 0.29) is 6.03 Å². The number of carbonyl (C=O) groups is 1. The summed E-state index contributed by atoms with van der Waals surface area (Å²) >= 11 is 0. The fourth-order valence-corrected chi connectivity index (χ4v) is 0.914. The molecule has 3 heteroatoms. The summed E-state index contributed by atoms with van der Waals surface area (Å²) in [6, 6.07) is 11.0. The van der Waals surface area contributed by atoms with Crippen LogP contribution in [0.2, 0.25) is 0 Å². The number of benzene rings is 1. The summed E-state index contributed by atoms with van der Waals surface area (Å²) in [5.74, 6) is 0. The van der Waals surface area contributed by atoms with Crippen LogP contribution < -0.4 is 10.2 Å². The first-order chi connectivity index (χ1) is 6.25. The first-order valence-corrected chi connectivity index (χ1v) is 3.80. The molecule has 0 aromatic heterocycles. The molecule has 13 heavy (non-hydrogen) atoms. The maximum Gasteiger partial charge on any atom is 0.333 e.